The number of nitrogens with zero attached hydrogens (tertiary/aromatic N) is 3. The van der Waals surface area contributed by atoms with E-state index in [1.54, 1.807) is 49.4 Å². The van der Waals surface area contributed by atoms with Crippen molar-refractivity contribution in [2.24, 2.45) is 0 Å². The number of amides is 7. The first-order valence-electron chi connectivity index (χ1n) is 25.9. The summed E-state index contributed by atoms with van der Waals surface area (Å²) in [6.07, 6.45) is 2.27. The maximum atomic E-state index is 15.2. The van der Waals surface area contributed by atoms with Crippen LogP contribution in [0.5, 0.6) is 0 Å². The zero-order valence-corrected chi connectivity index (χ0v) is 44.6. The van der Waals surface area contributed by atoms with Crippen LogP contribution in [0, 0.1) is 12.7 Å². The number of aliphatic hydroxyl groups is 1. The summed E-state index contributed by atoms with van der Waals surface area (Å²) in [7, 11) is 0. The van der Waals surface area contributed by atoms with Crippen molar-refractivity contribution in [1.82, 2.24) is 36.1 Å². The van der Waals surface area contributed by atoms with Gasteiger partial charge in [0.25, 0.3) is 5.56 Å². The monoisotopic (exact) mass is 1090 g/mol. The molecule has 78 heavy (non-hydrogen) atoms. The number of benzene rings is 3. The highest BCUT2D eigenvalue weighted by Crippen LogP contribution is 2.46. The Bertz CT molecular complexity index is 3170. The van der Waals surface area contributed by atoms with Crippen molar-refractivity contribution in [2.45, 2.75) is 109 Å². The summed E-state index contributed by atoms with van der Waals surface area (Å²) < 4.78 is 27.6. The summed E-state index contributed by atoms with van der Waals surface area (Å²) >= 11 is 4.11. The number of thiol groups is 1. The molecule has 5 heterocycles. The van der Waals surface area contributed by atoms with Crippen molar-refractivity contribution < 1.29 is 57.3 Å². The average Bonchev–Trinajstić information content (AvgIpc) is 4.09. The van der Waals surface area contributed by atoms with Crippen LogP contribution < -0.4 is 37.0 Å². The molecule has 2 aromatic heterocycles. The zero-order valence-electron chi connectivity index (χ0n) is 43.7. The fourth-order valence-electron chi connectivity index (χ4n) is 9.93. The van der Waals surface area contributed by atoms with Gasteiger partial charge >= 0.3 is 5.97 Å². The highest BCUT2D eigenvalue weighted by Gasteiger charge is 2.39. The number of carbonyl (C=O) groups excluding carboxylic acids is 8. The van der Waals surface area contributed by atoms with Gasteiger partial charge in [-0.2, -0.15) is 12.6 Å². The second-order valence-corrected chi connectivity index (χ2v) is 19.3. The van der Waals surface area contributed by atoms with Crippen molar-refractivity contribution in [3.05, 3.63) is 127 Å². The lowest BCUT2D eigenvalue weighted by molar-refractivity contribution is -0.157. The maximum absolute atomic E-state index is 15.2. The lowest BCUT2D eigenvalue weighted by Gasteiger charge is -2.29. The van der Waals surface area contributed by atoms with E-state index in [9.17, 15) is 48.3 Å². The number of nitrogens with one attached hydrogen (secondary N) is 5. The number of fused-ring (bicyclic) bond motifs is 5. The quantitative estimate of drug-likeness (QED) is 0.0153. The van der Waals surface area contributed by atoms with E-state index in [2.05, 4.69) is 39.2 Å². The summed E-state index contributed by atoms with van der Waals surface area (Å²) in [5.41, 5.74) is 6.63. The number of aromatic nitrogens is 2. The molecule has 412 valence electrons. The molecule has 1 aliphatic carbocycles. The minimum atomic E-state index is -1.61. The van der Waals surface area contributed by atoms with Crippen molar-refractivity contribution in [3.8, 4) is 11.4 Å². The fourth-order valence-corrected chi connectivity index (χ4v) is 10.2. The van der Waals surface area contributed by atoms with Crippen LogP contribution in [0.25, 0.3) is 22.3 Å². The van der Waals surface area contributed by atoms with Crippen LogP contribution in [0.4, 0.5) is 10.1 Å². The molecular formula is C56H63FN8O12S. The average molecular weight is 1090 g/mol. The van der Waals surface area contributed by atoms with E-state index in [0.29, 0.717) is 60.4 Å². The number of imide groups is 1. The first-order valence-corrected chi connectivity index (χ1v) is 26.4. The third-order valence-corrected chi connectivity index (χ3v) is 14.1. The summed E-state index contributed by atoms with van der Waals surface area (Å²) in [6.45, 7) is 7.46. The highest BCUT2D eigenvalue weighted by atomic mass is 32.1. The smallest absolute Gasteiger partial charge is 0.340 e. The van der Waals surface area contributed by atoms with Crippen LogP contribution in [0.1, 0.15) is 103 Å². The molecule has 3 aromatic carbocycles. The molecule has 22 heteroatoms. The number of anilines is 1. The highest BCUT2D eigenvalue weighted by molar-refractivity contribution is 7.82. The van der Waals surface area contributed by atoms with Gasteiger partial charge in [-0.25, -0.2) is 19.1 Å². The van der Waals surface area contributed by atoms with E-state index in [-0.39, 0.29) is 80.6 Å². The van der Waals surface area contributed by atoms with Crippen LogP contribution in [-0.4, -0.2) is 107 Å². The maximum Gasteiger partial charge on any atom is 0.340 e. The lowest BCUT2D eigenvalue weighted by Crippen LogP contribution is -2.51. The van der Waals surface area contributed by atoms with E-state index in [1.807, 2.05) is 39.0 Å². The first-order chi connectivity index (χ1) is 37.6. The molecule has 7 amide bonds. The summed E-state index contributed by atoms with van der Waals surface area (Å²) in [4.78, 5) is 115. The number of aliphatic hydroxyl groups excluding tert-OH is 1. The van der Waals surface area contributed by atoms with Gasteiger partial charge in [-0.1, -0.05) is 56.3 Å². The van der Waals surface area contributed by atoms with Crippen molar-refractivity contribution >= 4 is 77.0 Å². The Balaban J connectivity index is 0.000000307. The number of esters is 1. The number of ether oxygens (including phenoxy) is 2. The van der Waals surface area contributed by atoms with Gasteiger partial charge in [0.15, 0.2) is 6.10 Å². The van der Waals surface area contributed by atoms with E-state index in [0.717, 1.165) is 46.0 Å². The molecule has 5 aromatic rings. The van der Waals surface area contributed by atoms with Gasteiger partial charge in [-0.3, -0.25) is 38.4 Å². The number of hydrogen-bond acceptors (Lipinski definition) is 14. The van der Waals surface area contributed by atoms with Crippen LogP contribution >= 0.6 is 12.6 Å². The number of pyridine rings is 2. The van der Waals surface area contributed by atoms with Crippen molar-refractivity contribution in [2.75, 3.05) is 37.9 Å². The van der Waals surface area contributed by atoms with Gasteiger partial charge in [-0.15, -0.1) is 0 Å². The predicted octanol–water partition coefficient (Wildman–Crippen LogP) is 3.41. The first kappa shape index (κ1) is 57.9. The second-order valence-electron chi connectivity index (χ2n) is 18.7. The van der Waals surface area contributed by atoms with Gasteiger partial charge in [0.05, 0.1) is 59.6 Å². The SMILES string of the molecule is CC.CCNC(=O)CCCc1ccc(N2C(=O)CC(S)C2=O)cc1.Cc1c(F)cc2nc3c(c4c2c1CCC4COCNC(=O)CNC(=O)C(Cc1ccccc1)NC(=O)CNC=O)Cn1c-3cc2c(c1=O)COC(=O)C2O. The molecule has 6 N–H and O–H groups in total. The number of cyclic esters (lactones) is 1. The third kappa shape index (κ3) is 13.1. The Morgan fingerprint density at radius 2 is 1.68 bits per heavy atom. The minimum Gasteiger partial charge on any atom is -0.458 e. The van der Waals surface area contributed by atoms with Gasteiger partial charge in [0, 0.05) is 54.3 Å². The Labute approximate surface area is 454 Å². The molecule has 3 aliphatic heterocycles. The minimum absolute atomic E-state index is 0.0622. The second kappa shape index (κ2) is 26.5. The van der Waals surface area contributed by atoms with E-state index >= 15 is 4.39 Å². The van der Waals surface area contributed by atoms with Crippen LogP contribution in [-0.2, 0) is 80.2 Å². The van der Waals surface area contributed by atoms with Gasteiger partial charge < -0.3 is 45.7 Å². The number of halogens is 1. The molecule has 0 saturated carbocycles. The predicted molar refractivity (Wildman–Crippen MR) is 288 cm³/mol. The molecule has 0 bridgehead atoms. The molecule has 9 rings (SSSR count). The Morgan fingerprint density at radius 1 is 0.936 bits per heavy atom. The number of rotatable bonds is 19. The molecule has 4 unspecified atom stereocenters. The van der Waals surface area contributed by atoms with Crippen LogP contribution in [0.15, 0.2) is 71.5 Å². The fraction of sp³-hybridized carbons (Fsp3) is 0.393. The van der Waals surface area contributed by atoms with Crippen molar-refractivity contribution in [1.29, 1.82) is 0 Å². The van der Waals surface area contributed by atoms with Gasteiger partial charge in [0.1, 0.15) is 25.2 Å². The molecule has 0 spiro atoms. The third-order valence-electron chi connectivity index (χ3n) is 13.7. The molecule has 4 aliphatic rings. The normalized spacial score (nSPS) is 16.9. The molecule has 0 radical (unpaired) electrons. The van der Waals surface area contributed by atoms with Crippen molar-refractivity contribution in [3.63, 3.8) is 0 Å². The molecule has 20 nitrogen and oxygen atoms in total. The van der Waals surface area contributed by atoms with Crippen LogP contribution in [0.3, 0.4) is 0 Å². The van der Waals surface area contributed by atoms with E-state index in [4.69, 9.17) is 14.5 Å². The summed E-state index contributed by atoms with van der Waals surface area (Å²) in [5, 5.41) is 23.5. The van der Waals surface area contributed by atoms with E-state index < -0.39 is 59.0 Å². The standard InChI is InChI=1S/C38H37FN6O9.C16H20N2O3S.C2H6/c1-19-22-8-7-21(15-53-18-42-30(47)13-41-36(50)28(43-31(48)12-40-17-46)9-20-5-3-2-4-6-20)32-24-14-45-29(34(24)44-27(33(22)32)11-26(19)39)10-23-25(37(45)51)16-54-38(52)35(23)49;1-2-17-14(19)5-3-4-11-6-8-12(9-7-11)18-15(20)10-13(22)16(18)21;1-2/h2-6,10-11,17,21,28,35,49H,7-9,12-16,18H2,1H3,(H,40,46)(H,41,50)(H,42,47)(H,43,48);6-9,13,22H,2-5,10H2,1H3,(H,17,19);1-2H3. The Hall–Kier alpha value is -7.82. The molecular weight excluding hydrogens is 1030 g/mol. The Kier molecular flexibility index (Phi) is 19.7. The topological polar surface area (TPSA) is 274 Å². The number of hydrogen-bond donors (Lipinski definition) is 7. The Morgan fingerprint density at radius 3 is 2.37 bits per heavy atom. The van der Waals surface area contributed by atoms with Crippen LogP contribution in [0.2, 0.25) is 0 Å². The summed E-state index contributed by atoms with van der Waals surface area (Å²) in [6, 6.07) is 18.3. The summed E-state index contributed by atoms with van der Waals surface area (Å²) in [5.74, 6) is -3.58. The molecule has 4 atom stereocenters. The zero-order chi connectivity index (χ0) is 56.2. The largest absolute Gasteiger partial charge is 0.458 e. The lowest BCUT2D eigenvalue weighted by atomic mass is 9.78. The van der Waals surface area contributed by atoms with Gasteiger partial charge in [0.2, 0.25) is 41.9 Å². The molecule has 1 saturated heterocycles. The molecule has 1 fully saturated rings. The van der Waals surface area contributed by atoms with E-state index in [1.165, 1.54) is 15.5 Å². The number of carbonyl (C=O) groups is 8. The van der Waals surface area contributed by atoms with Gasteiger partial charge in [-0.05, 0) is 85.5 Å². The number of aryl methyl sites for hydroxylation is 2.